The van der Waals surface area contributed by atoms with Crippen LogP contribution in [0.5, 0.6) is 0 Å². The highest BCUT2D eigenvalue weighted by Gasteiger charge is 2.67. The molecule has 1 N–H and O–H groups in total. The van der Waals surface area contributed by atoms with Crippen LogP contribution in [0, 0.1) is 25.7 Å². The number of H-pyrrole nitrogens is 1. The number of ether oxygens (including phenoxy) is 1. The summed E-state index contributed by atoms with van der Waals surface area (Å²) in [6.07, 6.45) is 5.25. The second kappa shape index (κ2) is 6.29. The summed E-state index contributed by atoms with van der Waals surface area (Å²) in [7, 11) is 1.76. The summed E-state index contributed by atoms with van der Waals surface area (Å²) in [5, 5.41) is 6.81. The molecule has 0 aliphatic carbocycles. The van der Waals surface area contributed by atoms with E-state index in [1.165, 1.54) is 5.56 Å². The molecule has 29 heavy (non-hydrogen) atoms. The number of carbonyl (C=O) groups is 2. The summed E-state index contributed by atoms with van der Waals surface area (Å²) in [6, 6.07) is 7.86. The molecule has 7 heteroatoms. The Kier molecular flexibility index (Phi) is 3.93. The molecule has 2 aromatic rings. The SMILES string of the molecule is Cc1ccc(N2C[C@]34C=C[C@H](O3)[C@H](C(=O)N(C)Cc3ccn[nH]3)[C@H]4C2=O)cc1C. The molecule has 5 rings (SSSR count). The van der Waals surface area contributed by atoms with Crippen molar-refractivity contribution in [1.29, 1.82) is 0 Å². The maximum Gasteiger partial charge on any atom is 0.234 e. The van der Waals surface area contributed by atoms with Gasteiger partial charge in [0.05, 0.1) is 36.7 Å². The zero-order chi connectivity index (χ0) is 20.3. The van der Waals surface area contributed by atoms with Crippen LogP contribution in [0.4, 0.5) is 5.69 Å². The van der Waals surface area contributed by atoms with E-state index in [-0.39, 0.29) is 17.9 Å². The summed E-state index contributed by atoms with van der Waals surface area (Å²) in [5.41, 5.74) is 3.32. The summed E-state index contributed by atoms with van der Waals surface area (Å²) in [5.74, 6) is -1.10. The lowest BCUT2D eigenvalue weighted by Crippen LogP contribution is -2.44. The van der Waals surface area contributed by atoms with Crippen LogP contribution in [0.3, 0.4) is 0 Å². The second-order valence-corrected chi connectivity index (χ2v) is 8.37. The Morgan fingerprint density at radius 2 is 2.17 bits per heavy atom. The van der Waals surface area contributed by atoms with Crippen molar-refractivity contribution >= 4 is 17.5 Å². The predicted molar refractivity (Wildman–Crippen MR) is 107 cm³/mol. The number of rotatable bonds is 4. The van der Waals surface area contributed by atoms with Crippen LogP contribution in [0.25, 0.3) is 0 Å². The molecule has 7 nitrogen and oxygen atoms in total. The first kappa shape index (κ1) is 18.1. The average Bonchev–Trinajstić information content (AvgIpc) is 3.46. The van der Waals surface area contributed by atoms with Gasteiger partial charge < -0.3 is 14.5 Å². The molecule has 4 atom stereocenters. The first-order chi connectivity index (χ1) is 13.9. The number of aryl methyl sites for hydroxylation is 2. The Labute approximate surface area is 169 Å². The number of hydrogen-bond donors (Lipinski definition) is 1. The zero-order valence-corrected chi connectivity index (χ0v) is 16.8. The van der Waals surface area contributed by atoms with Crippen molar-refractivity contribution in [2.45, 2.75) is 32.1 Å². The van der Waals surface area contributed by atoms with Gasteiger partial charge in [-0.3, -0.25) is 14.7 Å². The van der Waals surface area contributed by atoms with Gasteiger partial charge in [-0.1, -0.05) is 18.2 Å². The third-order valence-electron chi connectivity index (χ3n) is 6.53. The van der Waals surface area contributed by atoms with Crippen molar-refractivity contribution in [2.24, 2.45) is 11.8 Å². The monoisotopic (exact) mass is 392 g/mol. The van der Waals surface area contributed by atoms with Gasteiger partial charge in [-0.2, -0.15) is 5.10 Å². The van der Waals surface area contributed by atoms with Crippen LogP contribution < -0.4 is 4.90 Å². The minimum Gasteiger partial charge on any atom is -0.360 e. The van der Waals surface area contributed by atoms with E-state index in [1.54, 1.807) is 23.0 Å². The van der Waals surface area contributed by atoms with Crippen molar-refractivity contribution in [3.05, 3.63) is 59.4 Å². The number of aromatic nitrogens is 2. The van der Waals surface area contributed by atoms with Gasteiger partial charge in [0.1, 0.15) is 5.60 Å². The number of fused-ring (bicyclic) bond motifs is 1. The summed E-state index contributed by atoms with van der Waals surface area (Å²) >= 11 is 0. The van der Waals surface area contributed by atoms with Crippen molar-refractivity contribution in [3.8, 4) is 0 Å². The number of carbonyl (C=O) groups excluding carboxylic acids is 2. The smallest absolute Gasteiger partial charge is 0.234 e. The van der Waals surface area contributed by atoms with Gasteiger partial charge in [0.2, 0.25) is 11.8 Å². The Morgan fingerprint density at radius 3 is 2.90 bits per heavy atom. The lowest BCUT2D eigenvalue weighted by Gasteiger charge is -2.27. The highest BCUT2D eigenvalue weighted by Crippen LogP contribution is 2.53. The molecule has 1 spiro atoms. The summed E-state index contributed by atoms with van der Waals surface area (Å²) in [6.45, 7) is 4.95. The normalized spacial score (nSPS) is 29.6. The van der Waals surface area contributed by atoms with Crippen molar-refractivity contribution < 1.29 is 14.3 Å². The molecule has 2 amide bonds. The molecule has 4 heterocycles. The maximum absolute atomic E-state index is 13.4. The minimum absolute atomic E-state index is 0.0339. The molecule has 3 aliphatic rings. The summed E-state index contributed by atoms with van der Waals surface area (Å²) in [4.78, 5) is 30.2. The number of anilines is 1. The Morgan fingerprint density at radius 1 is 1.34 bits per heavy atom. The second-order valence-electron chi connectivity index (χ2n) is 8.37. The fourth-order valence-corrected chi connectivity index (χ4v) is 4.85. The molecule has 2 saturated heterocycles. The van der Waals surface area contributed by atoms with Gasteiger partial charge in [-0.05, 0) is 43.2 Å². The highest BCUT2D eigenvalue weighted by molar-refractivity contribution is 6.03. The first-order valence-electron chi connectivity index (χ1n) is 9.89. The number of hydrogen-bond acceptors (Lipinski definition) is 4. The number of aromatic amines is 1. The molecular weight excluding hydrogens is 368 g/mol. The molecule has 1 aromatic heterocycles. The molecule has 0 radical (unpaired) electrons. The molecule has 3 aliphatic heterocycles. The fourth-order valence-electron chi connectivity index (χ4n) is 4.85. The van der Waals surface area contributed by atoms with Crippen LogP contribution in [-0.2, 0) is 20.9 Å². The third-order valence-corrected chi connectivity index (χ3v) is 6.53. The topological polar surface area (TPSA) is 78.5 Å². The Hall–Kier alpha value is -2.93. The molecular formula is C22H24N4O3. The molecule has 0 saturated carbocycles. The Bertz CT molecular complexity index is 1020. The summed E-state index contributed by atoms with van der Waals surface area (Å²) < 4.78 is 6.24. The number of amides is 2. The number of nitrogens with one attached hydrogen (secondary N) is 1. The van der Waals surface area contributed by atoms with Crippen molar-refractivity contribution in [3.63, 3.8) is 0 Å². The highest BCUT2D eigenvalue weighted by atomic mass is 16.5. The minimum atomic E-state index is -0.713. The largest absolute Gasteiger partial charge is 0.360 e. The molecule has 150 valence electrons. The van der Waals surface area contributed by atoms with Gasteiger partial charge in [-0.15, -0.1) is 0 Å². The molecule has 2 fully saturated rings. The van der Waals surface area contributed by atoms with E-state index >= 15 is 0 Å². The molecule has 2 bridgehead atoms. The van der Waals surface area contributed by atoms with Gasteiger partial charge in [0.15, 0.2) is 0 Å². The van der Waals surface area contributed by atoms with Crippen LogP contribution in [0.15, 0.2) is 42.6 Å². The van der Waals surface area contributed by atoms with Crippen LogP contribution in [0.1, 0.15) is 16.8 Å². The van der Waals surface area contributed by atoms with E-state index in [0.717, 1.165) is 16.9 Å². The fraction of sp³-hybridized carbons (Fsp3) is 0.409. The third kappa shape index (κ3) is 2.64. The molecule has 1 aromatic carbocycles. The quantitative estimate of drug-likeness (QED) is 0.807. The van der Waals surface area contributed by atoms with Crippen molar-refractivity contribution in [1.82, 2.24) is 15.1 Å². The van der Waals surface area contributed by atoms with E-state index < -0.39 is 17.4 Å². The van der Waals surface area contributed by atoms with Crippen LogP contribution in [-0.4, -0.2) is 52.2 Å². The van der Waals surface area contributed by atoms with Gasteiger partial charge in [0, 0.05) is 18.9 Å². The van der Waals surface area contributed by atoms with E-state index in [0.29, 0.717) is 13.1 Å². The van der Waals surface area contributed by atoms with Crippen LogP contribution >= 0.6 is 0 Å². The number of benzene rings is 1. The van der Waals surface area contributed by atoms with E-state index in [4.69, 9.17) is 4.74 Å². The van der Waals surface area contributed by atoms with Gasteiger partial charge in [0.25, 0.3) is 0 Å². The lowest BCUT2D eigenvalue weighted by atomic mass is 9.76. The number of nitrogens with zero attached hydrogens (tertiary/aromatic N) is 3. The van der Waals surface area contributed by atoms with E-state index in [1.807, 2.05) is 43.3 Å². The first-order valence-corrected chi connectivity index (χ1v) is 9.89. The lowest BCUT2D eigenvalue weighted by molar-refractivity contribution is -0.139. The zero-order valence-electron chi connectivity index (χ0n) is 16.8. The van der Waals surface area contributed by atoms with Crippen LogP contribution in [0.2, 0.25) is 0 Å². The van der Waals surface area contributed by atoms with E-state index in [9.17, 15) is 9.59 Å². The standard InChI is InChI=1S/C22H24N4O3/c1-13-4-5-16(10-14(13)2)26-12-22-8-6-17(29-22)18(19(22)21(26)28)20(27)25(3)11-15-7-9-23-24-15/h4-10,17-19H,11-12H2,1-3H3,(H,23,24)/t17-,18-,19-,22-/m0/s1. The maximum atomic E-state index is 13.4. The van der Waals surface area contributed by atoms with Gasteiger partial charge in [-0.25, -0.2) is 0 Å². The molecule has 0 unspecified atom stereocenters. The predicted octanol–water partition coefficient (Wildman–Crippen LogP) is 1.97. The van der Waals surface area contributed by atoms with Gasteiger partial charge >= 0.3 is 0 Å². The van der Waals surface area contributed by atoms with E-state index in [2.05, 4.69) is 17.1 Å². The van der Waals surface area contributed by atoms with Crippen molar-refractivity contribution in [2.75, 3.05) is 18.5 Å². The average molecular weight is 392 g/mol. The Balaban J connectivity index is 1.43.